The van der Waals surface area contributed by atoms with Crippen molar-refractivity contribution in [3.05, 3.63) is 42.5 Å². The molecule has 3 aromatic rings. The van der Waals surface area contributed by atoms with Crippen LogP contribution in [-0.4, -0.2) is 25.0 Å². The van der Waals surface area contributed by atoms with Crippen LogP contribution < -0.4 is 16.0 Å². The molecule has 2 aromatic carbocycles. The number of amides is 3. The molecule has 0 unspecified atom stereocenters. The zero-order valence-corrected chi connectivity index (χ0v) is 12.8. The summed E-state index contributed by atoms with van der Waals surface area (Å²) in [7, 11) is 1.46. The van der Waals surface area contributed by atoms with Crippen LogP contribution in [0.4, 0.5) is 10.5 Å². The van der Waals surface area contributed by atoms with E-state index >= 15 is 0 Å². The smallest absolute Gasteiger partial charge is 0.321 e. The molecule has 0 radical (unpaired) electrons. The van der Waals surface area contributed by atoms with Gasteiger partial charge < -0.3 is 15.1 Å². The van der Waals surface area contributed by atoms with Gasteiger partial charge in [-0.1, -0.05) is 18.2 Å². The van der Waals surface area contributed by atoms with Crippen molar-refractivity contribution < 1.29 is 14.0 Å². The summed E-state index contributed by atoms with van der Waals surface area (Å²) in [5, 5.41) is 9.67. The number of furan rings is 1. The number of fused-ring (bicyclic) bond motifs is 3. The van der Waals surface area contributed by atoms with Gasteiger partial charge in [-0.3, -0.25) is 10.1 Å². The Balaban J connectivity index is 1.84. The molecule has 0 aliphatic carbocycles. The number of imide groups is 1. The maximum absolute atomic E-state index is 11.9. The molecule has 118 valence electrons. The zero-order valence-electron chi connectivity index (χ0n) is 12.8. The van der Waals surface area contributed by atoms with Gasteiger partial charge in [0.1, 0.15) is 17.2 Å². The summed E-state index contributed by atoms with van der Waals surface area (Å²) < 4.78 is 5.77. The normalized spacial score (nSPS) is 12.1. The molecule has 1 heterocycles. The summed E-state index contributed by atoms with van der Waals surface area (Å²) in [6, 6.07) is 12.4. The average molecular weight is 311 g/mol. The standard InChI is InChI=1S/C17H17N3O3/c1-10(16(21)20-17(22)18-2)19-11-7-8-15-13(9-11)12-5-3-4-6-14(12)23-15/h3-10,19H,1-2H3,(H2,18,20,21,22)/t10-/m1/s1. The molecule has 3 rings (SSSR count). The molecule has 0 aliphatic rings. The first-order valence-corrected chi connectivity index (χ1v) is 7.29. The molecule has 3 amide bonds. The quantitative estimate of drug-likeness (QED) is 0.694. The maximum Gasteiger partial charge on any atom is 0.321 e. The fourth-order valence-corrected chi connectivity index (χ4v) is 2.41. The number of anilines is 1. The minimum absolute atomic E-state index is 0.401. The van der Waals surface area contributed by atoms with Crippen LogP contribution in [0.3, 0.4) is 0 Å². The predicted octanol–water partition coefficient (Wildman–Crippen LogP) is 2.84. The van der Waals surface area contributed by atoms with Gasteiger partial charge in [0.2, 0.25) is 5.91 Å². The highest BCUT2D eigenvalue weighted by atomic mass is 16.3. The second kappa shape index (κ2) is 6.00. The summed E-state index contributed by atoms with van der Waals surface area (Å²) in [6.45, 7) is 1.69. The van der Waals surface area contributed by atoms with Crippen molar-refractivity contribution in [2.75, 3.05) is 12.4 Å². The summed E-state index contributed by atoms with van der Waals surface area (Å²) in [5.74, 6) is -0.401. The molecule has 1 aromatic heterocycles. The topological polar surface area (TPSA) is 83.4 Å². The molecule has 0 spiro atoms. The van der Waals surface area contributed by atoms with E-state index in [0.29, 0.717) is 0 Å². The molecule has 0 bridgehead atoms. The Morgan fingerprint density at radius 3 is 2.57 bits per heavy atom. The minimum Gasteiger partial charge on any atom is -0.456 e. The van der Waals surface area contributed by atoms with Crippen LogP contribution in [0.15, 0.2) is 46.9 Å². The third kappa shape index (κ3) is 2.96. The van der Waals surface area contributed by atoms with E-state index in [9.17, 15) is 9.59 Å². The van der Waals surface area contributed by atoms with E-state index in [1.54, 1.807) is 6.92 Å². The predicted molar refractivity (Wildman–Crippen MR) is 89.4 cm³/mol. The lowest BCUT2D eigenvalue weighted by atomic mass is 10.1. The lowest BCUT2D eigenvalue weighted by molar-refractivity contribution is -0.120. The summed E-state index contributed by atoms with van der Waals surface area (Å²) in [4.78, 5) is 23.1. The van der Waals surface area contributed by atoms with Crippen molar-refractivity contribution in [3.8, 4) is 0 Å². The van der Waals surface area contributed by atoms with Crippen molar-refractivity contribution in [1.29, 1.82) is 0 Å². The van der Waals surface area contributed by atoms with Gasteiger partial charge in [-0.15, -0.1) is 0 Å². The van der Waals surface area contributed by atoms with E-state index in [1.165, 1.54) is 7.05 Å². The molecule has 0 saturated heterocycles. The van der Waals surface area contributed by atoms with Gasteiger partial charge in [-0.2, -0.15) is 0 Å². The first-order chi connectivity index (χ1) is 11.1. The van der Waals surface area contributed by atoms with Crippen LogP contribution in [0, 0.1) is 0 Å². The summed E-state index contributed by atoms with van der Waals surface area (Å²) >= 11 is 0. The molecule has 6 nitrogen and oxygen atoms in total. The number of urea groups is 1. The van der Waals surface area contributed by atoms with Crippen LogP contribution in [0.5, 0.6) is 0 Å². The Bertz CT molecular complexity index is 885. The first-order valence-electron chi connectivity index (χ1n) is 7.29. The fourth-order valence-electron chi connectivity index (χ4n) is 2.41. The Morgan fingerprint density at radius 1 is 1.04 bits per heavy atom. The highest BCUT2D eigenvalue weighted by Gasteiger charge is 2.15. The highest BCUT2D eigenvalue weighted by molar-refractivity contribution is 6.06. The van der Waals surface area contributed by atoms with Crippen molar-refractivity contribution in [1.82, 2.24) is 10.6 Å². The molecular formula is C17H17N3O3. The van der Waals surface area contributed by atoms with E-state index < -0.39 is 18.0 Å². The van der Waals surface area contributed by atoms with E-state index in [2.05, 4.69) is 16.0 Å². The van der Waals surface area contributed by atoms with Crippen LogP contribution in [0.1, 0.15) is 6.92 Å². The SMILES string of the molecule is CNC(=O)NC(=O)[C@@H](C)Nc1ccc2oc3ccccc3c2c1. The Kier molecular flexibility index (Phi) is 3.89. The van der Waals surface area contributed by atoms with Gasteiger partial charge in [0, 0.05) is 23.5 Å². The number of carbonyl (C=O) groups excluding carboxylic acids is 2. The van der Waals surface area contributed by atoms with Crippen molar-refractivity contribution in [2.45, 2.75) is 13.0 Å². The van der Waals surface area contributed by atoms with Crippen molar-refractivity contribution >= 4 is 39.6 Å². The lowest BCUT2D eigenvalue weighted by Gasteiger charge is -2.14. The van der Waals surface area contributed by atoms with Gasteiger partial charge in [0.25, 0.3) is 0 Å². The summed E-state index contributed by atoms with van der Waals surface area (Å²) in [6.07, 6.45) is 0. The van der Waals surface area contributed by atoms with Gasteiger partial charge in [0.05, 0.1) is 0 Å². The molecule has 0 fully saturated rings. The number of hydrogen-bond acceptors (Lipinski definition) is 4. The fraction of sp³-hybridized carbons (Fsp3) is 0.176. The van der Waals surface area contributed by atoms with Crippen LogP contribution in [0.25, 0.3) is 21.9 Å². The van der Waals surface area contributed by atoms with Gasteiger partial charge >= 0.3 is 6.03 Å². The molecule has 1 atom stereocenters. The first kappa shape index (κ1) is 14.9. The molecule has 23 heavy (non-hydrogen) atoms. The number of para-hydroxylation sites is 1. The molecule has 3 N–H and O–H groups in total. The molecular weight excluding hydrogens is 294 g/mol. The van der Waals surface area contributed by atoms with Gasteiger partial charge in [-0.25, -0.2) is 4.79 Å². The highest BCUT2D eigenvalue weighted by Crippen LogP contribution is 2.30. The van der Waals surface area contributed by atoms with Crippen LogP contribution in [0.2, 0.25) is 0 Å². The number of rotatable bonds is 3. The zero-order chi connectivity index (χ0) is 16.4. The van der Waals surface area contributed by atoms with E-state index in [1.807, 2.05) is 42.5 Å². The van der Waals surface area contributed by atoms with Gasteiger partial charge in [0.15, 0.2) is 0 Å². The third-order valence-electron chi connectivity index (χ3n) is 3.62. The Labute approximate surface area is 132 Å². The Morgan fingerprint density at radius 2 is 1.78 bits per heavy atom. The largest absolute Gasteiger partial charge is 0.456 e. The van der Waals surface area contributed by atoms with E-state index in [0.717, 1.165) is 27.6 Å². The van der Waals surface area contributed by atoms with Gasteiger partial charge in [-0.05, 0) is 31.2 Å². The van der Waals surface area contributed by atoms with Crippen molar-refractivity contribution in [2.24, 2.45) is 0 Å². The number of nitrogens with one attached hydrogen (secondary N) is 3. The number of hydrogen-bond donors (Lipinski definition) is 3. The number of benzene rings is 2. The second-order valence-electron chi connectivity index (χ2n) is 5.24. The molecule has 0 saturated carbocycles. The van der Waals surface area contributed by atoms with Crippen LogP contribution >= 0.6 is 0 Å². The minimum atomic E-state index is -0.553. The van der Waals surface area contributed by atoms with Crippen LogP contribution in [-0.2, 0) is 4.79 Å². The monoisotopic (exact) mass is 311 g/mol. The maximum atomic E-state index is 11.9. The lowest BCUT2D eigenvalue weighted by Crippen LogP contribution is -2.44. The summed E-state index contributed by atoms with van der Waals surface area (Å²) in [5.41, 5.74) is 2.40. The van der Waals surface area contributed by atoms with Crippen molar-refractivity contribution in [3.63, 3.8) is 0 Å². The average Bonchev–Trinajstić information content (AvgIpc) is 2.92. The third-order valence-corrected chi connectivity index (χ3v) is 3.62. The molecule has 6 heteroatoms. The van der Waals surface area contributed by atoms with E-state index in [-0.39, 0.29) is 0 Å². The second-order valence-corrected chi connectivity index (χ2v) is 5.24. The molecule has 0 aliphatic heterocycles. The Hall–Kier alpha value is -3.02. The van der Waals surface area contributed by atoms with E-state index in [4.69, 9.17) is 4.42 Å². The number of carbonyl (C=O) groups is 2.